The maximum absolute atomic E-state index is 13.6. The van der Waals surface area contributed by atoms with Crippen LogP contribution < -0.4 is 10.2 Å². The predicted octanol–water partition coefficient (Wildman–Crippen LogP) is 1.97. The van der Waals surface area contributed by atoms with Crippen LogP contribution in [0, 0.1) is 5.82 Å². The molecule has 0 fully saturated rings. The summed E-state index contributed by atoms with van der Waals surface area (Å²) in [7, 11) is 1.80. The van der Waals surface area contributed by atoms with Crippen LogP contribution in [0.15, 0.2) is 18.2 Å². The van der Waals surface area contributed by atoms with E-state index in [4.69, 9.17) is 5.11 Å². The number of amides is 1. The van der Waals surface area contributed by atoms with Gasteiger partial charge in [0.1, 0.15) is 5.82 Å². The Kier molecular flexibility index (Phi) is 2.68. The van der Waals surface area contributed by atoms with Crippen molar-refractivity contribution in [2.75, 3.05) is 18.5 Å². The second-order valence-electron chi connectivity index (χ2n) is 3.89. The van der Waals surface area contributed by atoms with Crippen LogP contribution in [0.1, 0.15) is 18.0 Å². The lowest BCUT2D eigenvalue weighted by Gasteiger charge is -2.33. The molecule has 1 amide bonds. The quantitative estimate of drug-likeness (QED) is 0.766. The van der Waals surface area contributed by atoms with Crippen LogP contribution >= 0.6 is 0 Å². The van der Waals surface area contributed by atoms with Crippen molar-refractivity contribution in [1.82, 2.24) is 5.32 Å². The highest BCUT2D eigenvalue weighted by atomic mass is 19.1. The van der Waals surface area contributed by atoms with E-state index in [1.54, 1.807) is 19.2 Å². The van der Waals surface area contributed by atoms with Crippen LogP contribution in [0.5, 0.6) is 0 Å². The Balaban J connectivity index is 2.40. The number of nitrogens with zero attached hydrogens (tertiary/aromatic N) is 1. The van der Waals surface area contributed by atoms with E-state index in [2.05, 4.69) is 5.32 Å². The fourth-order valence-electron chi connectivity index (χ4n) is 2.10. The second kappa shape index (κ2) is 4.00. The molecule has 1 heterocycles. The average molecular weight is 224 g/mol. The minimum absolute atomic E-state index is 0.308. The van der Waals surface area contributed by atoms with Gasteiger partial charge in [-0.15, -0.1) is 0 Å². The summed E-state index contributed by atoms with van der Waals surface area (Å²) in [5.74, 6) is -0.308. The molecular formula is C11H13FN2O2. The van der Waals surface area contributed by atoms with Crippen LogP contribution in [0.4, 0.5) is 14.9 Å². The topological polar surface area (TPSA) is 52.6 Å². The molecule has 1 aromatic carbocycles. The standard InChI is InChI=1S/C11H13FN2O2/c1-14-6-5-9(13-11(15)16)7-3-2-4-8(12)10(7)14/h2-4,9,13H,5-6H2,1H3,(H,15,16). The molecular weight excluding hydrogens is 211 g/mol. The Morgan fingerprint density at radius 3 is 3.06 bits per heavy atom. The third kappa shape index (κ3) is 1.80. The molecule has 0 spiro atoms. The summed E-state index contributed by atoms with van der Waals surface area (Å²) in [4.78, 5) is 12.4. The number of carbonyl (C=O) groups is 1. The fourth-order valence-corrected chi connectivity index (χ4v) is 2.10. The second-order valence-corrected chi connectivity index (χ2v) is 3.89. The summed E-state index contributed by atoms with van der Waals surface area (Å²) in [5, 5.41) is 11.1. The van der Waals surface area contributed by atoms with Crippen molar-refractivity contribution in [3.63, 3.8) is 0 Å². The van der Waals surface area contributed by atoms with Gasteiger partial charge in [0.25, 0.3) is 0 Å². The molecule has 16 heavy (non-hydrogen) atoms. The molecule has 0 saturated carbocycles. The molecule has 0 bridgehead atoms. The highest BCUT2D eigenvalue weighted by Gasteiger charge is 2.26. The number of carboxylic acid groups (broad SMARTS) is 1. The molecule has 1 atom stereocenters. The number of halogens is 1. The van der Waals surface area contributed by atoms with Crippen molar-refractivity contribution in [3.8, 4) is 0 Å². The number of hydrogen-bond donors (Lipinski definition) is 2. The van der Waals surface area contributed by atoms with Gasteiger partial charge in [-0.05, 0) is 12.5 Å². The van der Waals surface area contributed by atoms with Crippen molar-refractivity contribution in [2.24, 2.45) is 0 Å². The molecule has 1 aliphatic heterocycles. The van der Waals surface area contributed by atoms with E-state index in [0.29, 0.717) is 24.2 Å². The fraction of sp³-hybridized carbons (Fsp3) is 0.364. The molecule has 86 valence electrons. The van der Waals surface area contributed by atoms with E-state index in [-0.39, 0.29) is 11.9 Å². The zero-order chi connectivity index (χ0) is 11.7. The van der Waals surface area contributed by atoms with E-state index in [0.717, 1.165) is 0 Å². The molecule has 0 aliphatic carbocycles. The maximum atomic E-state index is 13.6. The van der Waals surface area contributed by atoms with E-state index in [1.165, 1.54) is 6.07 Å². The number of anilines is 1. The van der Waals surface area contributed by atoms with Crippen molar-refractivity contribution in [3.05, 3.63) is 29.6 Å². The molecule has 1 aromatic rings. The largest absolute Gasteiger partial charge is 0.465 e. The first kappa shape index (κ1) is 10.7. The molecule has 5 heteroatoms. The SMILES string of the molecule is CN1CCC(NC(=O)O)c2cccc(F)c21. The molecule has 2 rings (SSSR count). The van der Waals surface area contributed by atoms with Crippen molar-refractivity contribution in [1.29, 1.82) is 0 Å². The zero-order valence-corrected chi connectivity index (χ0v) is 8.90. The molecule has 1 aliphatic rings. The summed E-state index contributed by atoms with van der Waals surface area (Å²) in [5.41, 5.74) is 1.20. The summed E-state index contributed by atoms with van der Waals surface area (Å²) < 4.78 is 13.6. The van der Waals surface area contributed by atoms with Gasteiger partial charge < -0.3 is 15.3 Å². The first-order valence-electron chi connectivity index (χ1n) is 5.08. The third-order valence-electron chi connectivity index (χ3n) is 2.83. The van der Waals surface area contributed by atoms with Gasteiger partial charge in [0.2, 0.25) is 0 Å². The molecule has 1 unspecified atom stereocenters. The van der Waals surface area contributed by atoms with Gasteiger partial charge in [-0.3, -0.25) is 0 Å². The van der Waals surface area contributed by atoms with E-state index < -0.39 is 6.09 Å². The van der Waals surface area contributed by atoms with Crippen LogP contribution in [0.25, 0.3) is 0 Å². The zero-order valence-electron chi connectivity index (χ0n) is 8.90. The third-order valence-corrected chi connectivity index (χ3v) is 2.83. The lowest BCUT2D eigenvalue weighted by molar-refractivity contribution is 0.189. The van der Waals surface area contributed by atoms with Crippen LogP contribution in [-0.4, -0.2) is 24.8 Å². The predicted molar refractivity (Wildman–Crippen MR) is 58.2 cm³/mol. The number of rotatable bonds is 1. The minimum Gasteiger partial charge on any atom is -0.465 e. The van der Waals surface area contributed by atoms with Gasteiger partial charge >= 0.3 is 6.09 Å². The molecule has 0 radical (unpaired) electrons. The van der Waals surface area contributed by atoms with Gasteiger partial charge in [0.05, 0.1) is 11.7 Å². The van der Waals surface area contributed by atoms with Crippen molar-refractivity contribution in [2.45, 2.75) is 12.5 Å². The Bertz CT molecular complexity index is 422. The first-order chi connectivity index (χ1) is 7.59. The van der Waals surface area contributed by atoms with Crippen LogP contribution in [0.3, 0.4) is 0 Å². The maximum Gasteiger partial charge on any atom is 0.405 e. The first-order valence-corrected chi connectivity index (χ1v) is 5.08. The van der Waals surface area contributed by atoms with Gasteiger partial charge in [-0.1, -0.05) is 12.1 Å². The Hall–Kier alpha value is -1.78. The summed E-state index contributed by atoms with van der Waals surface area (Å²) in [6.07, 6.45) is -0.427. The number of para-hydroxylation sites is 1. The van der Waals surface area contributed by atoms with Crippen molar-refractivity contribution < 1.29 is 14.3 Å². The molecule has 4 nitrogen and oxygen atoms in total. The Morgan fingerprint density at radius 2 is 2.38 bits per heavy atom. The normalized spacial score (nSPS) is 19.1. The van der Waals surface area contributed by atoms with Gasteiger partial charge in [0, 0.05) is 19.2 Å². The highest BCUT2D eigenvalue weighted by Crippen LogP contribution is 2.34. The summed E-state index contributed by atoms with van der Waals surface area (Å²) in [6, 6.07) is 4.43. The smallest absolute Gasteiger partial charge is 0.405 e. The number of fused-ring (bicyclic) bond motifs is 1. The Labute approximate surface area is 92.7 Å². The summed E-state index contributed by atoms with van der Waals surface area (Å²) >= 11 is 0. The van der Waals surface area contributed by atoms with Gasteiger partial charge in [0.15, 0.2) is 0 Å². The number of benzene rings is 1. The number of nitrogens with one attached hydrogen (secondary N) is 1. The molecule has 0 saturated heterocycles. The molecule has 0 aromatic heterocycles. The monoisotopic (exact) mass is 224 g/mol. The van der Waals surface area contributed by atoms with E-state index >= 15 is 0 Å². The molecule has 2 N–H and O–H groups in total. The highest BCUT2D eigenvalue weighted by molar-refractivity contribution is 5.67. The van der Waals surface area contributed by atoms with Gasteiger partial charge in [-0.2, -0.15) is 0 Å². The van der Waals surface area contributed by atoms with E-state index in [1.807, 2.05) is 4.90 Å². The number of hydrogen-bond acceptors (Lipinski definition) is 2. The van der Waals surface area contributed by atoms with Crippen LogP contribution in [-0.2, 0) is 0 Å². The van der Waals surface area contributed by atoms with Crippen LogP contribution in [0.2, 0.25) is 0 Å². The van der Waals surface area contributed by atoms with Crippen molar-refractivity contribution >= 4 is 11.8 Å². The lowest BCUT2D eigenvalue weighted by atomic mass is 9.96. The lowest BCUT2D eigenvalue weighted by Crippen LogP contribution is -2.36. The minimum atomic E-state index is -1.08. The van der Waals surface area contributed by atoms with E-state index in [9.17, 15) is 9.18 Å². The van der Waals surface area contributed by atoms with Gasteiger partial charge in [-0.25, -0.2) is 9.18 Å². The summed E-state index contributed by atoms with van der Waals surface area (Å²) in [6.45, 7) is 0.638. The Morgan fingerprint density at radius 1 is 1.62 bits per heavy atom. The average Bonchev–Trinajstić information content (AvgIpc) is 2.22.